The Balaban J connectivity index is 2.20. The maximum absolute atomic E-state index is 11.6. The molecule has 0 unspecified atom stereocenters. The summed E-state index contributed by atoms with van der Waals surface area (Å²) in [4.78, 5) is 60.0. The molecule has 1 aliphatic rings. The molecule has 0 aromatic heterocycles. The molecular formula is C15H24N4O6. The van der Waals surface area contributed by atoms with Crippen LogP contribution in [-0.4, -0.2) is 72.4 Å². The number of carbonyl (C=O) groups is 5. The number of nitrogens with zero attached hydrogens (tertiary/aromatic N) is 2. The number of nitrogens with one attached hydrogen (secondary N) is 2. The van der Waals surface area contributed by atoms with Crippen LogP contribution < -0.4 is 10.6 Å². The number of carbonyl (C=O) groups excluding carboxylic acids is 5. The van der Waals surface area contributed by atoms with Gasteiger partial charge in [0.05, 0.1) is 0 Å². The molecule has 1 atom stereocenters. The molecule has 0 saturated carbocycles. The molecule has 6 amide bonds. The van der Waals surface area contributed by atoms with Gasteiger partial charge in [-0.05, 0) is 19.8 Å². The first-order valence-corrected chi connectivity index (χ1v) is 8.06. The number of amides is 6. The van der Waals surface area contributed by atoms with Gasteiger partial charge in [0.1, 0.15) is 6.54 Å². The quantitative estimate of drug-likeness (QED) is 0.459. The van der Waals surface area contributed by atoms with E-state index in [1.807, 2.05) is 12.2 Å². The summed E-state index contributed by atoms with van der Waals surface area (Å²) in [5, 5.41) is 4.59. The van der Waals surface area contributed by atoms with Crippen molar-refractivity contribution < 1.29 is 28.7 Å². The zero-order valence-electron chi connectivity index (χ0n) is 14.7. The normalized spacial score (nSPS) is 15.2. The van der Waals surface area contributed by atoms with Crippen LogP contribution >= 0.6 is 0 Å². The fourth-order valence-corrected chi connectivity index (χ4v) is 2.01. The van der Waals surface area contributed by atoms with Crippen LogP contribution in [0.1, 0.15) is 33.1 Å². The summed E-state index contributed by atoms with van der Waals surface area (Å²) >= 11 is 0. The van der Waals surface area contributed by atoms with E-state index < -0.39 is 30.5 Å². The summed E-state index contributed by atoms with van der Waals surface area (Å²) in [7, 11) is 1.52. The average molecular weight is 356 g/mol. The van der Waals surface area contributed by atoms with Crippen LogP contribution in [0.5, 0.6) is 0 Å². The van der Waals surface area contributed by atoms with Crippen LogP contribution in [0.2, 0.25) is 0 Å². The maximum atomic E-state index is 11.6. The summed E-state index contributed by atoms with van der Waals surface area (Å²) in [6, 6.07) is -1.12. The highest BCUT2D eigenvalue weighted by atomic mass is 16.5. The third kappa shape index (κ3) is 6.77. The number of hydrogen-bond donors (Lipinski definition) is 2. The Bertz CT molecular complexity index is 550. The smallest absolute Gasteiger partial charge is 0.326 e. The lowest BCUT2D eigenvalue weighted by Gasteiger charge is -2.13. The second-order valence-electron chi connectivity index (χ2n) is 5.78. The van der Waals surface area contributed by atoms with Gasteiger partial charge >= 0.3 is 18.0 Å². The minimum atomic E-state index is -0.735. The summed E-state index contributed by atoms with van der Waals surface area (Å²) in [6.45, 7) is 3.24. The van der Waals surface area contributed by atoms with Crippen molar-refractivity contribution in [3.63, 3.8) is 0 Å². The molecular weight excluding hydrogens is 332 g/mol. The van der Waals surface area contributed by atoms with E-state index >= 15 is 0 Å². The zero-order chi connectivity index (χ0) is 19.0. The fraction of sp³-hybridized carbons (Fsp3) is 0.667. The molecule has 0 aromatic rings. The van der Waals surface area contributed by atoms with Crippen LogP contribution in [0.15, 0.2) is 0 Å². The van der Waals surface area contributed by atoms with Crippen molar-refractivity contribution in [3.05, 3.63) is 0 Å². The highest BCUT2D eigenvalue weighted by Gasteiger charge is 2.32. The molecule has 140 valence electrons. The number of urea groups is 2. The highest BCUT2D eigenvalue weighted by Crippen LogP contribution is 2.09. The predicted octanol–water partition coefficient (Wildman–Crippen LogP) is -0.172. The fourth-order valence-electron chi connectivity index (χ4n) is 2.01. The number of ether oxygens (including phenoxy) is 1. The third-order valence-electron chi connectivity index (χ3n) is 3.60. The van der Waals surface area contributed by atoms with Gasteiger partial charge in [-0.1, -0.05) is 6.92 Å². The molecule has 0 bridgehead atoms. The second-order valence-corrected chi connectivity index (χ2v) is 5.78. The zero-order valence-corrected chi connectivity index (χ0v) is 14.7. The lowest BCUT2D eigenvalue weighted by atomic mass is 10.3. The van der Waals surface area contributed by atoms with Crippen molar-refractivity contribution in [1.82, 2.24) is 20.4 Å². The van der Waals surface area contributed by atoms with Gasteiger partial charge in [-0.25, -0.2) is 9.59 Å². The molecule has 1 heterocycles. The minimum Gasteiger partial charge on any atom is -0.456 e. The largest absolute Gasteiger partial charge is 0.456 e. The molecule has 25 heavy (non-hydrogen) atoms. The Kier molecular flexibility index (Phi) is 7.83. The Morgan fingerprint density at radius 1 is 1.28 bits per heavy atom. The molecule has 0 aliphatic carbocycles. The van der Waals surface area contributed by atoms with Crippen molar-refractivity contribution in [1.29, 1.82) is 0 Å². The standard InChI is InChI=1S/C15H24N4O6/c1-4-10(2)16-14(23)17-11(20)9-25-13(22)6-5-7-19-12(21)8-18(3)15(19)24/h10H,4-9H2,1-3H3,(H2,16,17,20,23)/t10-/m1/s1. The van der Waals surface area contributed by atoms with Gasteiger partial charge < -0.3 is 15.0 Å². The van der Waals surface area contributed by atoms with Gasteiger partial charge in [-0.15, -0.1) is 0 Å². The van der Waals surface area contributed by atoms with Crippen molar-refractivity contribution in [2.75, 3.05) is 26.7 Å². The Hall–Kier alpha value is -2.65. The summed E-state index contributed by atoms with van der Waals surface area (Å²) in [5.74, 6) is -1.70. The molecule has 1 aliphatic heterocycles. The van der Waals surface area contributed by atoms with Gasteiger partial charge in [0.25, 0.3) is 5.91 Å². The van der Waals surface area contributed by atoms with Crippen molar-refractivity contribution in [2.24, 2.45) is 0 Å². The molecule has 0 radical (unpaired) electrons. The van der Waals surface area contributed by atoms with E-state index in [9.17, 15) is 24.0 Å². The van der Waals surface area contributed by atoms with Gasteiger partial charge in [-0.3, -0.25) is 24.6 Å². The summed E-state index contributed by atoms with van der Waals surface area (Å²) in [5.41, 5.74) is 0. The molecule has 10 nitrogen and oxygen atoms in total. The van der Waals surface area contributed by atoms with E-state index in [1.165, 1.54) is 11.9 Å². The number of esters is 1. The first kappa shape index (κ1) is 20.4. The molecule has 10 heteroatoms. The van der Waals surface area contributed by atoms with E-state index in [0.29, 0.717) is 6.42 Å². The number of likely N-dealkylation sites (N-methyl/N-ethyl adjacent to an activating group) is 1. The Morgan fingerprint density at radius 2 is 1.96 bits per heavy atom. The number of hydrogen-bond acceptors (Lipinski definition) is 6. The van der Waals surface area contributed by atoms with E-state index in [1.54, 1.807) is 6.92 Å². The van der Waals surface area contributed by atoms with Crippen molar-refractivity contribution in [2.45, 2.75) is 39.2 Å². The van der Waals surface area contributed by atoms with Crippen LogP contribution in [0.3, 0.4) is 0 Å². The maximum Gasteiger partial charge on any atom is 0.326 e. The first-order chi connectivity index (χ1) is 11.7. The molecule has 0 spiro atoms. The van der Waals surface area contributed by atoms with E-state index in [-0.39, 0.29) is 37.9 Å². The Morgan fingerprint density at radius 3 is 2.52 bits per heavy atom. The van der Waals surface area contributed by atoms with Crippen LogP contribution in [-0.2, 0) is 19.1 Å². The number of imide groups is 2. The lowest BCUT2D eigenvalue weighted by Crippen LogP contribution is -2.44. The lowest BCUT2D eigenvalue weighted by molar-refractivity contribution is -0.148. The van der Waals surface area contributed by atoms with Crippen molar-refractivity contribution >= 4 is 29.8 Å². The van der Waals surface area contributed by atoms with E-state index in [0.717, 1.165) is 4.90 Å². The van der Waals surface area contributed by atoms with E-state index in [2.05, 4.69) is 5.32 Å². The SMILES string of the molecule is CC[C@@H](C)NC(=O)NC(=O)COC(=O)CCCN1C(=O)CN(C)C1=O. The van der Waals surface area contributed by atoms with Gasteiger partial charge in [0.2, 0.25) is 5.91 Å². The second kappa shape index (κ2) is 9.60. The Labute approximate surface area is 145 Å². The first-order valence-electron chi connectivity index (χ1n) is 8.06. The molecule has 1 rings (SSSR count). The van der Waals surface area contributed by atoms with Gasteiger partial charge in [-0.2, -0.15) is 0 Å². The average Bonchev–Trinajstić information content (AvgIpc) is 2.78. The molecule has 2 N–H and O–H groups in total. The summed E-state index contributed by atoms with van der Waals surface area (Å²) < 4.78 is 4.75. The molecule has 1 fully saturated rings. The topological polar surface area (TPSA) is 125 Å². The van der Waals surface area contributed by atoms with Gasteiger partial charge in [0.15, 0.2) is 6.61 Å². The van der Waals surface area contributed by atoms with E-state index in [4.69, 9.17) is 4.74 Å². The highest BCUT2D eigenvalue weighted by molar-refractivity contribution is 6.01. The molecule has 0 aromatic carbocycles. The minimum absolute atomic E-state index is 0.0299. The summed E-state index contributed by atoms with van der Waals surface area (Å²) in [6.07, 6.45) is 0.905. The van der Waals surface area contributed by atoms with Crippen LogP contribution in [0.25, 0.3) is 0 Å². The van der Waals surface area contributed by atoms with Gasteiger partial charge in [0, 0.05) is 26.1 Å². The third-order valence-corrected chi connectivity index (χ3v) is 3.60. The predicted molar refractivity (Wildman–Crippen MR) is 86.4 cm³/mol. The van der Waals surface area contributed by atoms with Crippen LogP contribution in [0.4, 0.5) is 9.59 Å². The molecule has 1 saturated heterocycles. The number of rotatable bonds is 8. The monoisotopic (exact) mass is 356 g/mol. The van der Waals surface area contributed by atoms with Crippen LogP contribution in [0, 0.1) is 0 Å². The van der Waals surface area contributed by atoms with Crippen molar-refractivity contribution in [3.8, 4) is 0 Å².